The molecule has 0 radical (unpaired) electrons. The quantitative estimate of drug-likeness (QED) is 0.738. The van der Waals surface area contributed by atoms with E-state index in [-0.39, 0.29) is 11.6 Å². The lowest BCUT2D eigenvalue weighted by Gasteiger charge is -2.07. The molecule has 0 saturated heterocycles. The summed E-state index contributed by atoms with van der Waals surface area (Å²) in [6.45, 7) is 1.90. The molecule has 0 aliphatic rings. The van der Waals surface area contributed by atoms with Crippen molar-refractivity contribution < 1.29 is 4.79 Å². The van der Waals surface area contributed by atoms with Gasteiger partial charge in [0.25, 0.3) is 5.91 Å². The number of nitrogens with zero attached hydrogens (tertiary/aromatic N) is 2. The average molecular weight is 339 g/mol. The van der Waals surface area contributed by atoms with E-state index >= 15 is 0 Å². The number of carbonyl (C=O) groups excluding carboxylic acids is 1. The number of rotatable bonds is 4. The van der Waals surface area contributed by atoms with E-state index in [9.17, 15) is 4.79 Å². The zero-order valence-electron chi connectivity index (χ0n) is 13.0. The Morgan fingerprint density at radius 3 is 2.42 bits per heavy atom. The smallest absolute Gasteiger partial charge is 0.276 e. The number of aryl methyl sites for hydroxylation is 1. The highest BCUT2D eigenvalue weighted by Gasteiger charge is 2.09. The van der Waals surface area contributed by atoms with Gasteiger partial charge in [-0.2, -0.15) is 0 Å². The Kier molecular flexibility index (Phi) is 4.72. The number of hydrogen-bond acceptors (Lipinski definition) is 4. The van der Waals surface area contributed by atoms with Crippen molar-refractivity contribution in [2.45, 2.75) is 6.92 Å². The van der Waals surface area contributed by atoms with E-state index < -0.39 is 0 Å². The number of amides is 1. The molecule has 1 amide bonds. The summed E-state index contributed by atoms with van der Waals surface area (Å²) in [6, 6.07) is 18.3. The van der Waals surface area contributed by atoms with Crippen LogP contribution in [0.25, 0.3) is 0 Å². The second-order valence-electron chi connectivity index (χ2n) is 5.21. The topological polar surface area (TPSA) is 66.9 Å². The largest absolute Gasteiger partial charge is 0.339 e. The molecule has 0 unspecified atom stereocenters. The van der Waals surface area contributed by atoms with Crippen LogP contribution in [0.4, 0.5) is 17.2 Å². The average Bonchev–Trinajstić information content (AvgIpc) is 2.60. The normalized spacial score (nSPS) is 10.2. The summed E-state index contributed by atoms with van der Waals surface area (Å²) >= 11 is 6.05. The van der Waals surface area contributed by atoms with Crippen LogP contribution in [0.15, 0.2) is 60.7 Å². The number of halogens is 1. The number of para-hydroxylation sites is 1. The van der Waals surface area contributed by atoms with E-state index in [0.717, 1.165) is 11.3 Å². The lowest BCUT2D eigenvalue weighted by Crippen LogP contribution is -2.14. The molecule has 6 heteroatoms. The molecule has 120 valence electrons. The summed E-state index contributed by atoms with van der Waals surface area (Å²) in [5.74, 6) is 0.227. The molecule has 0 aliphatic carbocycles. The molecular formula is C18H15ClN4O. The van der Waals surface area contributed by atoms with Gasteiger partial charge >= 0.3 is 0 Å². The second kappa shape index (κ2) is 7.10. The summed E-state index contributed by atoms with van der Waals surface area (Å²) in [7, 11) is 0. The van der Waals surface area contributed by atoms with Gasteiger partial charge in [-0.05, 0) is 48.9 Å². The maximum atomic E-state index is 12.2. The fourth-order valence-electron chi connectivity index (χ4n) is 2.06. The number of nitrogens with one attached hydrogen (secondary N) is 2. The highest BCUT2D eigenvalue weighted by atomic mass is 35.5. The third kappa shape index (κ3) is 3.88. The Hall–Kier alpha value is -2.92. The van der Waals surface area contributed by atoms with Crippen molar-refractivity contribution >= 4 is 34.7 Å². The van der Waals surface area contributed by atoms with Gasteiger partial charge in [0.05, 0.1) is 0 Å². The first-order valence-corrected chi connectivity index (χ1v) is 7.73. The first-order valence-electron chi connectivity index (χ1n) is 7.35. The third-order valence-electron chi connectivity index (χ3n) is 3.37. The number of benzene rings is 2. The summed E-state index contributed by atoms with van der Waals surface area (Å²) in [5, 5.41) is 14.4. The third-order valence-corrected chi connectivity index (χ3v) is 3.78. The SMILES string of the molecule is Cc1ccc(NC(=O)c2ccc(Nc3ccccc3)nn2)cc1Cl. The van der Waals surface area contributed by atoms with Gasteiger partial charge in [0.1, 0.15) is 0 Å². The Morgan fingerprint density at radius 1 is 0.958 bits per heavy atom. The molecule has 0 aliphatic heterocycles. The van der Waals surface area contributed by atoms with Gasteiger partial charge in [-0.3, -0.25) is 4.79 Å². The molecule has 0 bridgehead atoms. The van der Waals surface area contributed by atoms with Gasteiger partial charge in [0.2, 0.25) is 0 Å². The monoisotopic (exact) mass is 338 g/mol. The van der Waals surface area contributed by atoms with Crippen LogP contribution in [0.1, 0.15) is 16.1 Å². The van der Waals surface area contributed by atoms with E-state index in [1.165, 1.54) is 0 Å². The Balaban J connectivity index is 1.68. The summed E-state index contributed by atoms with van der Waals surface area (Å²) in [4.78, 5) is 12.2. The molecule has 3 aromatic rings. The first-order chi connectivity index (χ1) is 11.6. The summed E-state index contributed by atoms with van der Waals surface area (Å²) < 4.78 is 0. The highest BCUT2D eigenvalue weighted by molar-refractivity contribution is 6.31. The summed E-state index contributed by atoms with van der Waals surface area (Å²) in [6.07, 6.45) is 0. The molecule has 3 rings (SSSR count). The minimum atomic E-state index is -0.339. The van der Waals surface area contributed by atoms with Gasteiger partial charge in [0, 0.05) is 16.4 Å². The molecule has 0 atom stereocenters. The van der Waals surface area contributed by atoms with E-state index in [1.54, 1.807) is 24.3 Å². The molecule has 2 N–H and O–H groups in total. The first kappa shape index (κ1) is 16.0. The van der Waals surface area contributed by atoms with Crippen LogP contribution in [-0.2, 0) is 0 Å². The van der Waals surface area contributed by atoms with Crippen molar-refractivity contribution in [3.63, 3.8) is 0 Å². The molecule has 5 nitrogen and oxygen atoms in total. The van der Waals surface area contributed by atoms with Gasteiger partial charge in [-0.25, -0.2) is 0 Å². The number of aromatic nitrogens is 2. The Labute approximate surface area is 144 Å². The predicted molar refractivity (Wildman–Crippen MR) is 95.9 cm³/mol. The Morgan fingerprint density at radius 2 is 1.75 bits per heavy atom. The van der Waals surface area contributed by atoms with Crippen molar-refractivity contribution in [1.82, 2.24) is 10.2 Å². The van der Waals surface area contributed by atoms with Crippen LogP contribution < -0.4 is 10.6 Å². The van der Waals surface area contributed by atoms with Gasteiger partial charge in [-0.15, -0.1) is 10.2 Å². The molecule has 0 saturated carbocycles. The lowest BCUT2D eigenvalue weighted by molar-refractivity contribution is 0.102. The van der Waals surface area contributed by atoms with Crippen LogP contribution >= 0.6 is 11.6 Å². The minimum absolute atomic E-state index is 0.227. The van der Waals surface area contributed by atoms with Crippen LogP contribution in [0.3, 0.4) is 0 Å². The zero-order chi connectivity index (χ0) is 16.9. The van der Waals surface area contributed by atoms with Crippen molar-refractivity contribution in [1.29, 1.82) is 0 Å². The molecule has 24 heavy (non-hydrogen) atoms. The van der Waals surface area contributed by atoms with Gasteiger partial charge in [0.15, 0.2) is 11.5 Å². The second-order valence-corrected chi connectivity index (χ2v) is 5.62. The fourth-order valence-corrected chi connectivity index (χ4v) is 2.24. The van der Waals surface area contributed by atoms with E-state index in [2.05, 4.69) is 20.8 Å². The molecule has 0 fully saturated rings. The van der Waals surface area contributed by atoms with E-state index in [0.29, 0.717) is 16.5 Å². The van der Waals surface area contributed by atoms with Crippen molar-refractivity contribution in [3.05, 3.63) is 76.9 Å². The minimum Gasteiger partial charge on any atom is -0.339 e. The fraction of sp³-hybridized carbons (Fsp3) is 0.0556. The standard InChI is InChI=1S/C18H15ClN4O/c1-12-7-8-14(11-15(12)19)21-18(24)16-9-10-17(23-22-16)20-13-5-3-2-4-6-13/h2-11H,1H3,(H,20,23)(H,21,24). The van der Waals surface area contributed by atoms with Crippen LogP contribution in [-0.4, -0.2) is 16.1 Å². The van der Waals surface area contributed by atoms with E-state index in [1.807, 2.05) is 43.3 Å². The van der Waals surface area contributed by atoms with Crippen LogP contribution in [0.2, 0.25) is 5.02 Å². The molecule has 0 spiro atoms. The van der Waals surface area contributed by atoms with Crippen molar-refractivity contribution in [2.24, 2.45) is 0 Å². The maximum Gasteiger partial charge on any atom is 0.276 e. The van der Waals surface area contributed by atoms with Crippen molar-refractivity contribution in [2.75, 3.05) is 10.6 Å². The van der Waals surface area contributed by atoms with Gasteiger partial charge < -0.3 is 10.6 Å². The maximum absolute atomic E-state index is 12.2. The predicted octanol–water partition coefficient (Wildman–Crippen LogP) is 4.43. The Bertz CT molecular complexity index is 851. The molecule has 1 heterocycles. The van der Waals surface area contributed by atoms with E-state index in [4.69, 9.17) is 11.6 Å². The van der Waals surface area contributed by atoms with Crippen molar-refractivity contribution in [3.8, 4) is 0 Å². The zero-order valence-corrected chi connectivity index (χ0v) is 13.7. The van der Waals surface area contributed by atoms with Crippen LogP contribution in [0, 0.1) is 6.92 Å². The highest BCUT2D eigenvalue weighted by Crippen LogP contribution is 2.20. The molecular weight excluding hydrogens is 324 g/mol. The number of carbonyl (C=O) groups is 1. The van der Waals surface area contributed by atoms with Crippen LogP contribution in [0.5, 0.6) is 0 Å². The molecule has 2 aromatic carbocycles. The number of hydrogen-bond donors (Lipinski definition) is 2. The molecule has 1 aromatic heterocycles. The number of anilines is 3. The summed E-state index contributed by atoms with van der Waals surface area (Å²) in [5.41, 5.74) is 2.69. The lowest BCUT2D eigenvalue weighted by atomic mass is 10.2. The van der Waals surface area contributed by atoms with Gasteiger partial charge in [-0.1, -0.05) is 35.9 Å².